The molecule has 1 N–H and O–H groups in total. The van der Waals surface area contributed by atoms with Crippen LogP contribution in [-0.2, 0) is 0 Å². The molecule has 0 amide bonds. The molecule has 0 aliphatic heterocycles. The molecule has 0 rings (SSSR count). The molecule has 1 heteroatoms. The molecule has 0 saturated carbocycles. The summed E-state index contributed by atoms with van der Waals surface area (Å²) in [5.41, 5.74) is 0. The van der Waals surface area contributed by atoms with Crippen LogP contribution in [0.1, 0.15) is 47.5 Å². The topological polar surface area (TPSA) is 12.0 Å². The largest absolute Gasteiger partial charge is 0.312 e. The molecule has 0 aliphatic carbocycles. The highest BCUT2D eigenvalue weighted by Gasteiger charge is 2.06. The number of hydrogen-bond acceptors (Lipinski definition) is 1. The van der Waals surface area contributed by atoms with E-state index in [2.05, 4.69) is 39.9 Å². The van der Waals surface area contributed by atoms with Crippen molar-refractivity contribution in [3.63, 3.8) is 0 Å². The molecule has 1 nitrogen and oxygen atoms in total. The Labute approximate surface area is 71.6 Å². The Morgan fingerprint density at radius 1 is 1.00 bits per heavy atom. The normalized spacial score (nSPS) is 16.9. The van der Waals surface area contributed by atoms with Gasteiger partial charge in [0.1, 0.15) is 0 Å². The lowest BCUT2D eigenvalue weighted by molar-refractivity contribution is 0.396. The lowest BCUT2D eigenvalue weighted by atomic mass is 10.0. The molecule has 0 saturated heterocycles. The van der Waals surface area contributed by atoms with Gasteiger partial charge in [-0.05, 0) is 32.6 Å². The molecule has 0 spiro atoms. The third-order valence-electron chi connectivity index (χ3n) is 2.01. The quantitative estimate of drug-likeness (QED) is 0.647. The van der Waals surface area contributed by atoms with E-state index in [-0.39, 0.29) is 0 Å². The van der Waals surface area contributed by atoms with Crippen molar-refractivity contribution in [3.05, 3.63) is 0 Å². The van der Waals surface area contributed by atoms with Gasteiger partial charge >= 0.3 is 0 Å². The smallest absolute Gasteiger partial charge is 0.00436 e. The van der Waals surface area contributed by atoms with Crippen LogP contribution in [-0.4, -0.2) is 12.1 Å². The third kappa shape index (κ3) is 6.36. The van der Waals surface area contributed by atoms with Gasteiger partial charge < -0.3 is 5.32 Å². The van der Waals surface area contributed by atoms with Crippen molar-refractivity contribution in [1.29, 1.82) is 0 Å². The Kier molecular flexibility index (Phi) is 5.57. The van der Waals surface area contributed by atoms with Crippen molar-refractivity contribution < 1.29 is 0 Å². The minimum atomic E-state index is 0.670. The Morgan fingerprint density at radius 2 is 1.55 bits per heavy atom. The van der Waals surface area contributed by atoms with Gasteiger partial charge in [0, 0.05) is 12.1 Å². The summed E-state index contributed by atoms with van der Waals surface area (Å²) in [4.78, 5) is 0. The number of hydrogen-bond donors (Lipinski definition) is 1. The first kappa shape index (κ1) is 11.0. The standard InChI is InChI=1S/C10H23N/c1-6-9(4)11-10(5)7-8(2)3/h8-11H,6-7H2,1-5H3. The van der Waals surface area contributed by atoms with Crippen molar-refractivity contribution in [3.8, 4) is 0 Å². The lowest BCUT2D eigenvalue weighted by Crippen LogP contribution is -2.34. The first-order valence-electron chi connectivity index (χ1n) is 4.82. The monoisotopic (exact) mass is 157 g/mol. The van der Waals surface area contributed by atoms with E-state index in [1.54, 1.807) is 0 Å². The van der Waals surface area contributed by atoms with Crippen LogP contribution in [0, 0.1) is 5.92 Å². The average Bonchev–Trinajstić information content (AvgIpc) is 1.85. The zero-order valence-electron chi connectivity index (χ0n) is 8.65. The minimum absolute atomic E-state index is 0.670. The van der Waals surface area contributed by atoms with Gasteiger partial charge in [-0.25, -0.2) is 0 Å². The van der Waals surface area contributed by atoms with Crippen molar-refractivity contribution >= 4 is 0 Å². The molecule has 0 fully saturated rings. The van der Waals surface area contributed by atoms with Gasteiger partial charge in [0.05, 0.1) is 0 Å². The lowest BCUT2D eigenvalue weighted by Gasteiger charge is -2.20. The maximum atomic E-state index is 3.56. The van der Waals surface area contributed by atoms with E-state index in [0.29, 0.717) is 12.1 Å². The summed E-state index contributed by atoms with van der Waals surface area (Å²) in [6, 6.07) is 1.34. The van der Waals surface area contributed by atoms with Crippen molar-refractivity contribution in [2.24, 2.45) is 5.92 Å². The van der Waals surface area contributed by atoms with E-state index in [1.165, 1.54) is 12.8 Å². The molecule has 68 valence electrons. The average molecular weight is 157 g/mol. The van der Waals surface area contributed by atoms with Crippen LogP contribution in [0.25, 0.3) is 0 Å². The predicted molar refractivity (Wildman–Crippen MR) is 51.8 cm³/mol. The Hall–Kier alpha value is -0.0400. The summed E-state index contributed by atoms with van der Waals surface area (Å²) in [5.74, 6) is 0.807. The predicted octanol–water partition coefficient (Wildman–Crippen LogP) is 2.81. The zero-order chi connectivity index (χ0) is 8.85. The molecule has 0 heterocycles. The molecule has 0 aromatic carbocycles. The Morgan fingerprint density at radius 3 is 1.91 bits per heavy atom. The second kappa shape index (κ2) is 5.59. The minimum Gasteiger partial charge on any atom is -0.312 e. The fourth-order valence-electron chi connectivity index (χ4n) is 1.38. The molecule has 2 unspecified atom stereocenters. The van der Waals surface area contributed by atoms with Gasteiger partial charge in [0.25, 0.3) is 0 Å². The summed E-state index contributed by atoms with van der Waals surface area (Å²) in [6.07, 6.45) is 2.51. The molecule has 0 aliphatic rings. The highest BCUT2D eigenvalue weighted by Crippen LogP contribution is 2.04. The fourth-order valence-corrected chi connectivity index (χ4v) is 1.38. The van der Waals surface area contributed by atoms with Crippen LogP contribution in [0.5, 0.6) is 0 Å². The SMILES string of the molecule is CCC(C)NC(C)CC(C)C. The highest BCUT2D eigenvalue weighted by molar-refractivity contribution is 4.67. The third-order valence-corrected chi connectivity index (χ3v) is 2.01. The Bertz CT molecular complexity index is 88.9. The summed E-state index contributed by atoms with van der Waals surface area (Å²) < 4.78 is 0. The summed E-state index contributed by atoms with van der Waals surface area (Å²) >= 11 is 0. The van der Waals surface area contributed by atoms with Crippen LogP contribution in [0.15, 0.2) is 0 Å². The van der Waals surface area contributed by atoms with Crippen molar-refractivity contribution in [2.75, 3.05) is 0 Å². The summed E-state index contributed by atoms with van der Waals surface area (Å²) in [6.45, 7) is 11.3. The molecule has 2 atom stereocenters. The van der Waals surface area contributed by atoms with E-state index < -0.39 is 0 Å². The molecule has 0 radical (unpaired) electrons. The Balaban J connectivity index is 3.43. The second-order valence-corrected chi connectivity index (χ2v) is 4.01. The summed E-state index contributed by atoms with van der Waals surface area (Å²) in [7, 11) is 0. The number of nitrogens with one attached hydrogen (secondary N) is 1. The first-order chi connectivity index (χ1) is 5.06. The van der Waals surface area contributed by atoms with Gasteiger partial charge in [0.2, 0.25) is 0 Å². The maximum absolute atomic E-state index is 3.56. The van der Waals surface area contributed by atoms with E-state index >= 15 is 0 Å². The van der Waals surface area contributed by atoms with Crippen molar-refractivity contribution in [1.82, 2.24) is 5.32 Å². The molecular formula is C10H23N. The molecule has 0 aromatic heterocycles. The van der Waals surface area contributed by atoms with E-state index in [1.807, 2.05) is 0 Å². The van der Waals surface area contributed by atoms with Crippen LogP contribution in [0.4, 0.5) is 0 Å². The van der Waals surface area contributed by atoms with Crippen LogP contribution < -0.4 is 5.32 Å². The molecule has 0 bridgehead atoms. The van der Waals surface area contributed by atoms with Gasteiger partial charge in [-0.3, -0.25) is 0 Å². The van der Waals surface area contributed by atoms with Crippen LogP contribution in [0.2, 0.25) is 0 Å². The van der Waals surface area contributed by atoms with Crippen LogP contribution >= 0.6 is 0 Å². The van der Waals surface area contributed by atoms with E-state index in [9.17, 15) is 0 Å². The van der Waals surface area contributed by atoms with E-state index in [0.717, 1.165) is 5.92 Å². The summed E-state index contributed by atoms with van der Waals surface area (Å²) in [5, 5.41) is 3.56. The van der Waals surface area contributed by atoms with Crippen LogP contribution in [0.3, 0.4) is 0 Å². The highest BCUT2D eigenvalue weighted by atomic mass is 14.9. The first-order valence-corrected chi connectivity index (χ1v) is 4.82. The van der Waals surface area contributed by atoms with Crippen molar-refractivity contribution in [2.45, 2.75) is 59.5 Å². The molecule has 0 aromatic rings. The molecular weight excluding hydrogens is 134 g/mol. The second-order valence-electron chi connectivity index (χ2n) is 4.01. The number of rotatable bonds is 5. The van der Waals surface area contributed by atoms with E-state index in [4.69, 9.17) is 0 Å². The van der Waals surface area contributed by atoms with Gasteiger partial charge in [-0.1, -0.05) is 20.8 Å². The maximum Gasteiger partial charge on any atom is 0.00436 e. The zero-order valence-corrected chi connectivity index (χ0v) is 8.65. The van der Waals surface area contributed by atoms with Gasteiger partial charge in [0.15, 0.2) is 0 Å². The van der Waals surface area contributed by atoms with Gasteiger partial charge in [-0.2, -0.15) is 0 Å². The molecule has 11 heavy (non-hydrogen) atoms. The van der Waals surface area contributed by atoms with Gasteiger partial charge in [-0.15, -0.1) is 0 Å². The fraction of sp³-hybridized carbons (Fsp3) is 1.00.